The van der Waals surface area contributed by atoms with Gasteiger partial charge in [-0.25, -0.2) is 0 Å². The quantitative estimate of drug-likeness (QED) is 0.581. The van der Waals surface area contributed by atoms with Gasteiger partial charge in [0.05, 0.1) is 0 Å². The second kappa shape index (κ2) is 2.24. The molecule has 0 nitrogen and oxygen atoms in total. The largest absolute Gasteiger partial charge is 0.0622 e. The van der Waals surface area contributed by atoms with Gasteiger partial charge in [-0.2, -0.15) is 0 Å². The van der Waals surface area contributed by atoms with Crippen molar-refractivity contribution in [2.45, 2.75) is 46.5 Å². The van der Waals surface area contributed by atoms with Crippen molar-refractivity contribution in [3.63, 3.8) is 0 Å². The van der Waals surface area contributed by atoms with Crippen LogP contribution in [0.2, 0.25) is 0 Å². The van der Waals surface area contributed by atoms with Gasteiger partial charge < -0.3 is 0 Å². The van der Waals surface area contributed by atoms with E-state index in [4.69, 9.17) is 0 Å². The molecule has 0 saturated heterocycles. The SMILES string of the molecule is CC(C)C(C)(C1CC1)C1CC1. The maximum Gasteiger partial charge on any atom is -0.0246 e. The van der Waals surface area contributed by atoms with E-state index in [0.29, 0.717) is 0 Å². The molecule has 0 aliphatic heterocycles. The van der Waals surface area contributed by atoms with Crippen LogP contribution in [0, 0.1) is 23.2 Å². The maximum atomic E-state index is 2.53. The van der Waals surface area contributed by atoms with Gasteiger partial charge in [-0.15, -0.1) is 0 Å². The lowest BCUT2D eigenvalue weighted by Gasteiger charge is -2.34. The highest BCUT2D eigenvalue weighted by atomic mass is 14.6. The summed E-state index contributed by atoms with van der Waals surface area (Å²) in [5, 5.41) is 0. The Hall–Kier alpha value is 0. The third-order valence-electron chi connectivity index (χ3n) is 4.16. The van der Waals surface area contributed by atoms with E-state index in [1.54, 1.807) is 0 Å². The van der Waals surface area contributed by atoms with Crippen LogP contribution in [0.15, 0.2) is 0 Å². The van der Waals surface area contributed by atoms with Crippen LogP contribution < -0.4 is 0 Å². The van der Waals surface area contributed by atoms with Crippen LogP contribution in [0.4, 0.5) is 0 Å². The van der Waals surface area contributed by atoms with Crippen LogP contribution >= 0.6 is 0 Å². The van der Waals surface area contributed by atoms with E-state index in [2.05, 4.69) is 20.8 Å². The number of rotatable bonds is 3. The van der Waals surface area contributed by atoms with Crippen LogP contribution in [-0.4, -0.2) is 0 Å². The summed E-state index contributed by atoms with van der Waals surface area (Å²) in [5.74, 6) is 3.09. The van der Waals surface area contributed by atoms with Gasteiger partial charge in [-0.05, 0) is 48.9 Å². The molecule has 2 fully saturated rings. The number of hydrogen-bond donors (Lipinski definition) is 0. The molecule has 2 aliphatic rings. The Kier molecular flexibility index (Phi) is 1.56. The van der Waals surface area contributed by atoms with Crippen LogP contribution in [0.5, 0.6) is 0 Å². The first kappa shape index (κ1) is 7.64. The average Bonchev–Trinajstić information content (AvgIpc) is 2.79. The van der Waals surface area contributed by atoms with Crippen molar-refractivity contribution in [2.24, 2.45) is 23.2 Å². The van der Waals surface area contributed by atoms with Gasteiger partial charge in [-0.3, -0.25) is 0 Å². The first-order valence-electron chi connectivity index (χ1n) is 5.15. The molecule has 11 heavy (non-hydrogen) atoms. The molecule has 0 radical (unpaired) electrons. The van der Waals surface area contributed by atoms with Crippen LogP contribution in [-0.2, 0) is 0 Å². The Morgan fingerprint density at radius 2 is 1.36 bits per heavy atom. The smallest absolute Gasteiger partial charge is 0.0246 e. The zero-order valence-electron chi connectivity index (χ0n) is 8.06. The predicted octanol–water partition coefficient (Wildman–Crippen LogP) is 3.47. The summed E-state index contributed by atoms with van der Waals surface area (Å²) in [6.45, 7) is 7.36. The second-order valence-electron chi connectivity index (χ2n) is 5.07. The molecule has 0 heteroatoms. The Morgan fingerprint density at radius 3 is 1.55 bits per heavy atom. The molecule has 0 aromatic rings. The molecule has 0 N–H and O–H groups in total. The molecular weight excluding hydrogens is 132 g/mol. The first-order valence-corrected chi connectivity index (χ1v) is 5.15. The van der Waals surface area contributed by atoms with Gasteiger partial charge in [0.2, 0.25) is 0 Å². The third-order valence-corrected chi connectivity index (χ3v) is 4.16. The summed E-state index contributed by atoms with van der Waals surface area (Å²) in [7, 11) is 0. The van der Waals surface area contributed by atoms with E-state index in [9.17, 15) is 0 Å². The fourth-order valence-electron chi connectivity index (χ4n) is 2.69. The van der Waals surface area contributed by atoms with Gasteiger partial charge in [0.15, 0.2) is 0 Å². The zero-order valence-corrected chi connectivity index (χ0v) is 8.06. The summed E-state index contributed by atoms with van der Waals surface area (Å²) >= 11 is 0. The highest BCUT2D eigenvalue weighted by Crippen LogP contribution is 2.61. The lowest BCUT2D eigenvalue weighted by atomic mass is 9.71. The highest BCUT2D eigenvalue weighted by Gasteiger charge is 2.52. The third kappa shape index (κ3) is 1.11. The monoisotopic (exact) mass is 152 g/mol. The van der Waals surface area contributed by atoms with E-state index in [1.165, 1.54) is 25.7 Å². The molecule has 2 rings (SSSR count). The lowest BCUT2D eigenvalue weighted by molar-refractivity contribution is 0.142. The Bertz CT molecular complexity index is 132. The Labute approximate surface area is 70.4 Å². The van der Waals surface area contributed by atoms with Crippen LogP contribution in [0.3, 0.4) is 0 Å². The van der Waals surface area contributed by atoms with Gasteiger partial charge in [0, 0.05) is 0 Å². The molecule has 2 aliphatic carbocycles. The Balaban J connectivity index is 2.10. The fourth-order valence-corrected chi connectivity index (χ4v) is 2.69. The molecule has 0 bridgehead atoms. The standard InChI is InChI=1S/C11H20/c1-8(2)11(3,9-4-5-9)10-6-7-10/h8-10H,4-7H2,1-3H3. The molecule has 0 spiro atoms. The summed E-state index contributed by atoms with van der Waals surface area (Å²) in [6, 6.07) is 0. The van der Waals surface area contributed by atoms with Crippen molar-refractivity contribution < 1.29 is 0 Å². The van der Waals surface area contributed by atoms with Crippen LogP contribution in [0.1, 0.15) is 46.5 Å². The maximum absolute atomic E-state index is 2.53. The highest BCUT2D eigenvalue weighted by molar-refractivity contribution is 5.01. The summed E-state index contributed by atoms with van der Waals surface area (Å²) in [5.41, 5.74) is 0.722. The summed E-state index contributed by atoms with van der Waals surface area (Å²) < 4.78 is 0. The van der Waals surface area contributed by atoms with E-state index < -0.39 is 0 Å². The lowest BCUT2D eigenvalue weighted by Crippen LogP contribution is -2.28. The van der Waals surface area contributed by atoms with Gasteiger partial charge in [0.1, 0.15) is 0 Å². The zero-order chi connectivity index (χ0) is 8.06. The van der Waals surface area contributed by atoms with Gasteiger partial charge in [-0.1, -0.05) is 20.8 Å². The molecule has 0 heterocycles. The Morgan fingerprint density at radius 1 is 1.00 bits per heavy atom. The molecule has 64 valence electrons. The molecule has 0 aromatic carbocycles. The molecule has 0 aromatic heterocycles. The minimum atomic E-state index is 0.722. The van der Waals surface area contributed by atoms with Gasteiger partial charge >= 0.3 is 0 Å². The normalized spacial score (nSPS) is 26.2. The average molecular weight is 152 g/mol. The first-order chi connectivity index (χ1) is 5.15. The topological polar surface area (TPSA) is 0 Å². The van der Waals surface area contributed by atoms with E-state index in [-0.39, 0.29) is 0 Å². The van der Waals surface area contributed by atoms with E-state index >= 15 is 0 Å². The minimum absolute atomic E-state index is 0.722. The molecule has 2 saturated carbocycles. The molecule has 0 unspecified atom stereocenters. The second-order valence-corrected chi connectivity index (χ2v) is 5.07. The summed E-state index contributed by atoms with van der Waals surface area (Å²) in [4.78, 5) is 0. The molecule has 0 amide bonds. The van der Waals surface area contributed by atoms with Gasteiger partial charge in [0.25, 0.3) is 0 Å². The van der Waals surface area contributed by atoms with Crippen molar-refractivity contribution in [1.29, 1.82) is 0 Å². The molecular formula is C11H20. The minimum Gasteiger partial charge on any atom is -0.0622 e. The fraction of sp³-hybridized carbons (Fsp3) is 1.00. The van der Waals surface area contributed by atoms with E-state index in [0.717, 1.165) is 23.2 Å². The van der Waals surface area contributed by atoms with Crippen LogP contribution in [0.25, 0.3) is 0 Å². The molecule has 0 atom stereocenters. The number of hydrogen-bond acceptors (Lipinski definition) is 0. The van der Waals surface area contributed by atoms with Crippen molar-refractivity contribution in [2.75, 3.05) is 0 Å². The summed E-state index contributed by atoms with van der Waals surface area (Å²) in [6.07, 6.45) is 6.08. The van der Waals surface area contributed by atoms with E-state index in [1.807, 2.05) is 0 Å². The van der Waals surface area contributed by atoms with Crippen molar-refractivity contribution in [3.05, 3.63) is 0 Å². The van der Waals surface area contributed by atoms with Crippen molar-refractivity contribution in [3.8, 4) is 0 Å². The van der Waals surface area contributed by atoms with Crippen molar-refractivity contribution >= 4 is 0 Å². The van der Waals surface area contributed by atoms with Crippen molar-refractivity contribution in [1.82, 2.24) is 0 Å². The predicted molar refractivity (Wildman–Crippen MR) is 48.4 cm³/mol.